The number of benzene rings is 10. The Kier molecular flexibility index (Phi) is 8.54. The van der Waals surface area contributed by atoms with Crippen LogP contribution in [0.25, 0.3) is 64.7 Å². The maximum Gasteiger partial charge on any atom is 0.0714 e. The summed E-state index contributed by atoms with van der Waals surface area (Å²) >= 11 is 1.92. The minimum atomic E-state index is -0.552. The van der Waals surface area contributed by atoms with Crippen molar-refractivity contribution in [2.24, 2.45) is 0 Å². The third kappa shape index (κ3) is 5.52. The molecule has 11 aromatic rings. The lowest BCUT2D eigenvalue weighted by Gasteiger charge is -2.35. The Bertz CT molecular complexity index is 3850. The van der Waals surface area contributed by atoms with E-state index >= 15 is 0 Å². The highest BCUT2D eigenvalue weighted by Crippen LogP contribution is 2.62. The molecule has 14 rings (SSSR count). The van der Waals surface area contributed by atoms with Crippen LogP contribution in [0.5, 0.6) is 0 Å². The van der Waals surface area contributed by atoms with Crippen LogP contribution < -0.4 is 4.90 Å². The van der Waals surface area contributed by atoms with Crippen molar-refractivity contribution in [2.75, 3.05) is 4.90 Å². The fourth-order valence-corrected chi connectivity index (χ4v) is 14.0. The molecule has 0 bridgehead atoms. The molecule has 0 spiro atoms. The summed E-state index contributed by atoms with van der Waals surface area (Å²) in [6.45, 7) is 9.69. The fraction of sp³-hybridized carbons (Fsp3) is 0.104. The monoisotopic (exact) mass is 899 g/mol. The van der Waals surface area contributed by atoms with Gasteiger partial charge in [-0.1, -0.05) is 210 Å². The second-order valence-corrected chi connectivity index (χ2v) is 21.4. The molecule has 3 aliphatic carbocycles. The number of thiophene rings is 1. The maximum atomic E-state index is 2.67. The van der Waals surface area contributed by atoms with E-state index in [1.807, 2.05) is 11.3 Å². The van der Waals surface area contributed by atoms with Gasteiger partial charge in [-0.15, -0.1) is 11.3 Å². The molecule has 3 aliphatic rings. The number of hydrogen-bond donors (Lipinski definition) is 0. The van der Waals surface area contributed by atoms with Crippen LogP contribution in [0, 0.1) is 0 Å². The molecule has 0 unspecified atom stereocenters. The minimum absolute atomic E-state index is 0.186. The van der Waals surface area contributed by atoms with Crippen molar-refractivity contribution in [3.8, 4) is 44.5 Å². The third-order valence-corrected chi connectivity index (χ3v) is 17.3. The van der Waals surface area contributed by atoms with Gasteiger partial charge in [0.25, 0.3) is 0 Å². The van der Waals surface area contributed by atoms with E-state index in [1.54, 1.807) is 0 Å². The van der Waals surface area contributed by atoms with Gasteiger partial charge in [-0.2, -0.15) is 0 Å². The van der Waals surface area contributed by atoms with Crippen LogP contribution in [0.1, 0.15) is 72.2 Å². The molecule has 0 N–H and O–H groups in total. The number of hydrogen-bond acceptors (Lipinski definition) is 2. The maximum absolute atomic E-state index is 2.67. The smallest absolute Gasteiger partial charge is 0.0714 e. The molecular weight excluding hydrogens is 851 g/mol. The van der Waals surface area contributed by atoms with E-state index in [0.717, 1.165) is 11.4 Å². The van der Waals surface area contributed by atoms with Gasteiger partial charge >= 0.3 is 0 Å². The first-order valence-corrected chi connectivity index (χ1v) is 25.2. The van der Waals surface area contributed by atoms with Crippen LogP contribution in [-0.2, 0) is 16.2 Å². The van der Waals surface area contributed by atoms with Crippen LogP contribution in [0.2, 0.25) is 0 Å². The SMILES string of the molecule is CC1(C)c2ccccc2-c2ccc(N(c3ccc4c(c3)C(c3ccccc3)(c3ccccc3)c3ccccc3-4)c3c4c(cc5sc6ccccc6c35)C(C)(C)c3cc(-c5ccccc5)ccc3-4)cc21. The molecule has 0 amide bonds. The topological polar surface area (TPSA) is 3.24 Å². The molecule has 1 aromatic heterocycles. The summed E-state index contributed by atoms with van der Waals surface area (Å²) in [7, 11) is 0. The summed E-state index contributed by atoms with van der Waals surface area (Å²) < 4.78 is 2.61. The van der Waals surface area contributed by atoms with E-state index in [0.29, 0.717) is 0 Å². The molecular formula is C67H49NS. The van der Waals surface area contributed by atoms with Crippen LogP contribution in [0.4, 0.5) is 17.1 Å². The Morgan fingerprint density at radius 2 is 0.855 bits per heavy atom. The first-order valence-electron chi connectivity index (χ1n) is 24.3. The summed E-state index contributed by atoms with van der Waals surface area (Å²) in [5.41, 5.74) is 23.5. The van der Waals surface area contributed by atoms with E-state index in [4.69, 9.17) is 0 Å². The average Bonchev–Trinajstić information content (AvgIpc) is 4.06. The molecule has 0 aliphatic heterocycles. The molecule has 0 atom stereocenters. The molecule has 0 saturated carbocycles. The van der Waals surface area contributed by atoms with Crippen molar-refractivity contribution in [1.82, 2.24) is 0 Å². The summed E-state index contributed by atoms with van der Waals surface area (Å²) in [5.74, 6) is 0. The molecule has 1 heterocycles. The second-order valence-electron chi connectivity index (χ2n) is 20.4. The van der Waals surface area contributed by atoms with E-state index in [-0.39, 0.29) is 10.8 Å². The lowest BCUT2D eigenvalue weighted by molar-refractivity contribution is 0.660. The zero-order valence-corrected chi connectivity index (χ0v) is 40.0. The van der Waals surface area contributed by atoms with Crippen LogP contribution in [-0.4, -0.2) is 0 Å². The number of rotatable bonds is 6. The highest BCUT2D eigenvalue weighted by atomic mass is 32.1. The molecule has 69 heavy (non-hydrogen) atoms. The van der Waals surface area contributed by atoms with Crippen molar-refractivity contribution >= 4 is 48.6 Å². The molecule has 10 aromatic carbocycles. The summed E-state index contributed by atoms with van der Waals surface area (Å²) in [4.78, 5) is 2.67. The van der Waals surface area contributed by atoms with Gasteiger partial charge in [-0.05, 0) is 126 Å². The fourth-order valence-electron chi connectivity index (χ4n) is 12.9. The van der Waals surface area contributed by atoms with E-state index < -0.39 is 5.41 Å². The van der Waals surface area contributed by atoms with Crippen molar-refractivity contribution in [2.45, 2.75) is 43.9 Å². The summed E-state index contributed by atoms with van der Waals surface area (Å²) in [6, 6.07) is 85.0. The van der Waals surface area contributed by atoms with Crippen molar-refractivity contribution in [3.05, 3.63) is 269 Å². The van der Waals surface area contributed by atoms with Gasteiger partial charge in [-0.25, -0.2) is 0 Å². The van der Waals surface area contributed by atoms with Gasteiger partial charge in [0.15, 0.2) is 0 Å². The predicted octanol–water partition coefficient (Wildman–Crippen LogP) is 18.2. The van der Waals surface area contributed by atoms with E-state index in [1.165, 1.54) is 115 Å². The van der Waals surface area contributed by atoms with Gasteiger partial charge in [0, 0.05) is 47.9 Å². The number of fused-ring (bicyclic) bond motifs is 12. The van der Waals surface area contributed by atoms with Crippen molar-refractivity contribution in [3.63, 3.8) is 0 Å². The highest BCUT2D eigenvalue weighted by Gasteiger charge is 2.47. The molecule has 0 saturated heterocycles. The van der Waals surface area contributed by atoms with Crippen molar-refractivity contribution < 1.29 is 0 Å². The zero-order valence-electron chi connectivity index (χ0n) is 39.2. The summed E-state index contributed by atoms with van der Waals surface area (Å²) in [6.07, 6.45) is 0. The molecule has 0 radical (unpaired) electrons. The third-order valence-electron chi connectivity index (χ3n) is 16.1. The standard InChI is InChI=1S/C67H49NS/c1-65(2)54-29-17-14-26-48(54)50-36-33-46(39-57(50)65)68(47-34-37-51-49-27-15-18-30-55(49)67(58(51)40-47,44-22-10-6-11-23-44)45-24-12-7-13-25-45)64-62-52-35-32-43(42-20-8-5-9-21-42)38-56(52)66(3,4)59(62)41-61-63(64)53-28-16-19-31-60(53)69-61/h5-41H,1-4H3. The Labute approximate surface area is 408 Å². The van der Waals surface area contributed by atoms with Crippen LogP contribution in [0.3, 0.4) is 0 Å². The van der Waals surface area contributed by atoms with E-state index in [9.17, 15) is 0 Å². The molecule has 1 nitrogen and oxygen atoms in total. The molecule has 328 valence electrons. The Balaban J connectivity index is 1.12. The lowest BCUT2D eigenvalue weighted by Crippen LogP contribution is -2.28. The van der Waals surface area contributed by atoms with Gasteiger partial charge in [0.2, 0.25) is 0 Å². The van der Waals surface area contributed by atoms with Gasteiger partial charge in [0.1, 0.15) is 0 Å². The Hall–Kier alpha value is -7.78. The van der Waals surface area contributed by atoms with E-state index in [2.05, 4.69) is 257 Å². The van der Waals surface area contributed by atoms with Crippen molar-refractivity contribution in [1.29, 1.82) is 0 Å². The minimum Gasteiger partial charge on any atom is -0.309 e. The van der Waals surface area contributed by atoms with Gasteiger partial charge in [-0.3, -0.25) is 0 Å². The van der Waals surface area contributed by atoms with Crippen LogP contribution in [0.15, 0.2) is 224 Å². The molecule has 0 fully saturated rings. The van der Waals surface area contributed by atoms with Gasteiger partial charge in [0.05, 0.1) is 11.1 Å². The predicted molar refractivity (Wildman–Crippen MR) is 292 cm³/mol. The molecule has 2 heteroatoms. The van der Waals surface area contributed by atoms with Crippen LogP contribution >= 0.6 is 11.3 Å². The largest absolute Gasteiger partial charge is 0.309 e. The Morgan fingerprint density at radius 1 is 0.348 bits per heavy atom. The second kappa shape index (κ2) is 14.6. The first kappa shape index (κ1) is 40.3. The zero-order chi connectivity index (χ0) is 46.2. The number of nitrogens with zero attached hydrogens (tertiary/aromatic N) is 1. The first-order chi connectivity index (χ1) is 33.7. The quantitative estimate of drug-likeness (QED) is 0.161. The Morgan fingerprint density at radius 3 is 1.55 bits per heavy atom. The lowest BCUT2D eigenvalue weighted by atomic mass is 9.67. The van der Waals surface area contributed by atoms with Gasteiger partial charge < -0.3 is 4.90 Å². The average molecular weight is 900 g/mol. The normalized spacial score (nSPS) is 15.0. The number of anilines is 3. The highest BCUT2D eigenvalue weighted by molar-refractivity contribution is 7.26. The summed E-state index contributed by atoms with van der Waals surface area (Å²) in [5, 5.41) is 2.59.